The molecule has 0 bridgehead atoms. The molecule has 0 spiro atoms. The van der Waals surface area contributed by atoms with E-state index < -0.39 is 0 Å². The molecule has 3 N–H and O–H groups in total. The van der Waals surface area contributed by atoms with Crippen molar-refractivity contribution in [2.75, 3.05) is 6.61 Å². The van der Waals surface area contributed by atoms with Crippen molar-refractivity contribution >= 4 is 5.84 Å². The fraction of sp³-hybridized carbons (Fsp3) is 0.417. The van der Waals surface area contributed by atoms with Crippen LogP contribution in [0.15, 0.2) is 29.4 Å². The lowest BCUT2D eigenvalue weighted by atomic mass is 10.2. The molecule has 1 fully saturated rings. The molecule has 0 radical (unpaired) electrons. The van der Waals surface area contributed by atoms with Gasteiger partial charge in [0.05, 0.1) is 6.61 Å². The molecule has 0 amide bonds. The highest BCUT2D eigenvalue weighted by Crippen LogP contribution is 2.32. The van der Waals surface area contributed by atoms with Gasteiger partial charge in [0.2, 0.25) is 0 Å². The number of amidine groups is 1. The Balaban J connectivity index is 1.92. The minimum atomic E-state index is 0.104. The molecule has 1 saturated carbocycles. The van der Waals surface area contributed by atoms with Crippen molar-refractivity contribution in [1.82, 2.24) is 0 Å². The van der Waals surface area contributed by atoms with Gasteiger partial charge >= 0.3 is 0 Å². The van der Waals surface area contributed by atoms with Gasteiger partial charge in [0.25, 0.3) is 0 Å². The van der Waals surface area contributed by atoms with Crippen LogP contribution < -0.4 is 10.5 Å². The molecule has 2 rings (SSSR count). The molecule has 86 valence electrons. The van der Waals surface area contributed by atoms with Crippen LogP contribution in [0.3, 0.4) is 0 Å². The van der Waals surface area contributed by atoms with E-state index in [4.69, 9.17) is 15.7 Å². The average Bonchev–Trinajstić information content (AvgIpc) is 3.12. The number of nitrogens with zero attached hydrogens (tertiary/aromatic N) is 1. The van der Waals surface area contributed by atoms with Crippen molar-refractivity contribution in [3.8, 4) is 5.75 Å². The standard InChI is InChI=1S/C12H16N2O2/c13-12(14-15)10-2-1-3-11(8-10)16-7-6-9-4-5-9/h1-3,8-9,15H,4-7H2,(H2,13,14). The van der Waals surface area contributed by atoms with Gasteiger partial charge in [0.15, 0.2) is 5.84 Å². The molecule has 1 aromatic rings. The minimum absolute atomic E-state index is 0.104. The van der Waals surface area contributed by atoms with E-state index in [-0.39, 0.29) is 5.84 Å². The zero-order valence-electron chi connectivity index (χ0n) is 9.10. The monoisotopic (exact) mass is 220 g/mol. The van der Waals surface area contributed by atoms with Crippen LogP contribution in [0.2, 0.25) is 0 Å². The van der Waals surface area contributed by atoms with Crippen LogP contribution in [0.4, 0.5) is 0 Å². The number of ether oxygens (including phenoxy) is 1. The molecule has 4 heteroatoms. The summed E-state index contributed by atoms with van der Waals surface area (Å²) in [4.78, 5) is 0. The molecule has 1 aromatic carbocycles. The predicted molar refractivity (Wildman–Crippen MR) is 61.8 cm³/mol. The number of oxime groups is 1. The van der Waals surface area contributed by atoms with E-state index in [9.17, 15) is 0 Å². The molecule has 0 saturated heterocycles. The third-order valence-electron chi connectivity index (χ3n) is 2.73. The number of hydrogen-bond donors (Lipinski definition) is 2. The van der Waals surface area contributed by atoms with Gasteiger partial charge in [0, 0.05) is 5.56 Å². The highest BCUT2D eigenvalue weighted by Gasteiger charge is 2.20. The maximum atomic E-state index is 8.56. The first-order chi connectivity index (χ1) is 7.79. The fourth-order valence-corrected chi connectivity index (χ4v) is 1.55. The summed E-state index contributed by atoms with van der Waals surface area (Å²) in [6, 6.07) is 7.27. The van der Waals surface area contributed by atoms with Gasteiger partial charge in [-0.05, 0) is 24.5 Å². The molecule has 0 atom stereocenters. The van der Waals surface area contributed by atoms with Crippen molar-refractivity contribution in [2.45, 2.75) is 19.3 Å². The quantitative estimate of drug-likeness (QED) is 0.345. The zero-order chi connectivity index (χ0) is 11.4. The average molecular weight is 220 g/mol. The maximum Gasteiger partial charge on any atom is 0.170 e. The van der Waals surface area contributed by atoms with Crippen LogP contribution in [0.1, 0.15) is 24.8 Å². The smallest absolute Gasteiger partial charge is 0.170 e. The third kappa shape index (κ3) is 2.89. The van der Waals surface area contributed by atoms with E-state index in [1.54, 1.807) is 12.1 Å². The van der Waals surface area contributed by atoms with E-state index in [0.717, 1.165) is 24.7 Å². The molecule has 1 aliphatic rings. The molecule has 1 aliphatic carbocycles. The molecular weight excluding hydrogens is 204 g/mol. The second kappa shape index (κ2) is 4.88. The van der Waals surface area contributed by atoms with Crippen molar-refractivity contribution in [2.24, 2.45) is 16.8 Å². The lowest BCUT2D eigenvalue weighted by molar-refractivity contribution is 0.302. The Kier molecular flexibility index (Phi) is 3.29. The molecular formula is C12H16N2O2. The Morgan fingerprint density at radius 3 is 3.00 bits per heavy atom. The summed E-state index contributed by atoms with van der Waals surface area (Å²) in [5, 5.41) is 11.5. The second-order valence-electron chi connectivity index (χ2n) is 4.09. The fourth-order valence-electron chi connectivity index (χ4n) is 1.55. The summed E-state index contributed by atoms with van der Waals surface area (Å²) < 4.78 is 5.60. The van der Waals surface area contributed by atoms with Gasteiger partial charge in [-0.1, -0.05) is 30.1 Å². The molecule has 4 nitrogen and oxygen atoms in total. The normalized spacial score (nSPS) is 16.1. The number of rotatable bonds is 5. The van der Waals surface area contributed by atoms with Crippen molar-refractivity contribution in [3.63, 3.8) is 0 Å². The molecule has 0 heterocycles. The lowest BCUT2D eigenvalue weighted by Gasteiger charge is -2.06. The lowest BCUT2D eigenvalue weighted by Crippen LogP contribution is -2.13. The summed E-state index contributed by atoms with van der Waals surface area (Å²) >= 11 is 0. The molecule has 0 aromatic heterocycles. The predicted octanol–water partition coefficient (Wildman–Crippen LogP) is 1.96. The number of benzene rings is 1. The highest BCUT2D eigenvalue weighted by molar-refractivity contribution is 5.97. The Morgan fingerprint density at radius 1 is 1.50 bits per heavy atom. The first-order valence-corrected chi connectivity index (χ1v) is 5.50. The Morgan fingerprint density at radius 2 is 2.31 bits per heavy atom. The summed E-state index contributed by atoms with van der Waals surface area (Å²) in [5.74, 6) is 1.74. The van der Waals surface area contributed by atoms with Gasteiger partial charge in [-0.3, -0.25) is 0 Å². The van der Waals surface area contributed by atoms with E-state index >= 15 is 0 Å². The van der Waals surface area contributed by atoms with Crippen molar-refractivity contribution < 1.29 is 9.94 Å². The largest absolute Gasteiger partial charge is 0.494 e. The first-order valence-electron chi connectivity index (χ1n) is 5.50. The molecule has 0 aliphatic heterocycles. The summed E-state index contributed by atoms with van der Waals surface area (Å²) in [6.45, 7) is 0.740. The van der Waals surface area contributed by atoms with E-state index in [1.165, 1.54) is 12.8 Å². The SMILES string of the molecule is NC(=NO)c1cccc(OCCC2CC2)c1. The summed E-state index contributed by atoms with van der Waals surface area (Å²) in [7, 11) is 0. The van der Waals surface area contributed by atoms with Gasteiger partial charge in [-0.15, -0.1) is 0 Å². The maximum absolute atomic E-state index is 8.56. The number of hydrogen-bond acceptors (Lipinski definition) is 3. The topological polar surface area (TPSA) is 67.8 Å². The van der Waals surface area contributed by atoms with Crippen LogP contribution in [0.5, 0.6) is 5.75 Å². The summed E-state index contributed by atoms with van der Waals surface area (Å²) in [5.41, 5.74) is 6.17. The van der Waals surface area contributed by atoms with Gasteiger partial charge < -0.3 is 15.7 Å². The third-order valence-corrected chi connectivity index (χ3v) is 2.73. The summed E-state index contributed by atoms with van der Waals surface area (Å²) in [6.07, 6.45) is 3.80. The van der Waals surface area contributed by atoms with Crippen LogP contribution in [0, 0.1) is 5.92 Å². The highest BCUT2D eigenvalue weighted by atomic mass is 16.5. The van der Waals surface area contributed by atoms with Gasteiger partial charge in [-0.25, -0.2) is 0 Å². The Labute approximate surface area is 94.7 Å². The Bertz CT molecular complexity index is 386. The van der Waals surface area contributed by atoms with Crippen LogP contribution >= 0.6 is 0 Å². The van der Waals surface area contributed by atoms with Crippen LogP contribution in [-0.4, -0.2) is 17.6 Å². The van der Waals surface area contributed by atoms with Crippen molar-refractivity contribution in [1.29, 1.82) is 0 Å². The zero-order valence-corrected chi connectivity index (χ0v) is 9.10. The van der Waals surface area contributed by atoms with Gasteiger partial charge in [-0.2, -0.15) is 0 Å². The van der Waals surface area contributed by atoms with Crippen LogP contribution in [-0.2, 0) is 0 Å². The van der Waals surface area contributed by atoms with Gasteiger partial charge in [0.1, 0.15) is 5.75 Å². The molecule has 0 unspecified atom stereocenters. The Hall–Kier alpha value is -1.71. The second-order valence-corrected chi connectivity index (χ2v) is 4.09. The van der Waals surface area contributed by atoms with Crippen molar-refractivity contribution in [3.05, 3.63) is 29.8 Å². The van der Waals surface area contributed by atoms with E-state index in [2.05, 4.69) is 5.16 Å². The molecule has 16 heavy (non-hydrogen) atoms. The van der Waals surface area contributed by atoms with E-state index in [1.807, 2.05) is 12.1 Å². The van der Waals surface area contributed by atoms with Crippen LogP contribution in [0.25, 0.3) is 0 Å². The number of nitrogens with two attached hydrogens (primary N) is 1. The first kappa shape index (κ1) is 10.8. The van der Waals surface area contributed by atoms with E-state index in [0.29, 0.717) is 5.56 Å². The minimum Gasteiger partial charge on any atom is -0.494 e.